The third-order valence-corrected chi connectivity index (χ3v) is 4.78. The molecule has 3 rings (SSSR count). The molecule has 0 spiro atoms. The van der Waals surface area contributed by atoms with E-state index in [2.05, 4.69) is 56.5 Å². The zero-order valence-electron chi connectivity index (χ0n) is 16.8. The van der Waals surface area contributed by atoms with Gasteiger partial charge in [0.15, 0.2) is 6.61 Å². The van der Waals surface area contributed by atoms with Gasteiger partial charge in [-0.25, -0.2) is 0 Å². The number of ether oxygens (including phenoxy) is 1. The number of phenolic OH excluding ortho intramolecular Hbond substituents is 1. The summed E-state index contributed by atoms with van der Waals surface area (Å²) in [5, 5.41) is 26.7. The molecular formula is C22H28N2O4. The van der Waals surface area contributed by atoms with Crippen LogP contribution >= 0.6 is 0 Å². The van der Waals surface area contributed by atoms with Crippen molar-refractivity contribution < 1.29 is 19.7 Å². The molecule has 1 heterocycles. The maximum atomic E-state index is 11.5. The van der Waals surface area contributed by atoms with Crippen LogP contribution < -0.4 is 15.4 Å². The fraction of sp³-hybridized carbons (Fsp3) is 0.409. The minimum Gasteiger partial charge on any atom is -0.508 e. The first-order chi connectivity index (χ1) is 13.1. The number of aliphatic hydroxyl groups excluding tert-OH is 1. The minimum absolute atomic E-state index is 0.0342. The highest BCUT2D eigenvalue weighted by Gasteiger charge is 2.26. The molecule has 4 N–H and O–H groups in total. The summed E-state index contributed by atoms with van der Waals surface area (Å²) >= 11 is 0. The summed E-state index contributed by atoms with van der Waals surface area (Å²) in [5.74, 6) is 0.0816. The Balaban J connectivity index is 1.71. The third-order valence-electron chi connectivity index (χ3n) is 4.78. The predicted molar refractivity (Wildman–Crippen MR) is 109 cm³/mol. The molecule has 0 radical (unpaired) electrons. The Morgan fingerprint density at radius 2 is 1.86 bits per heavy atom. The van der Waals surface area contributed by atoms with Gasteiger partial charge >= 0.3 is 0 Å². The van der Waals surface area contributed by atoms with Crippen LogP contribution in [0.3, 0.4) is 0 Å². The van der Waals surface area contributed by atoms with E-state index in [1.165, 1.54) is 28.8 Å². The normalized spacial score (nSPS) is 14.8. The number of fused-ring (bicyclic) bond motifs is 1. The summed E-state index contributed by atoms with van der Waals surface area (Å²) in [6.07, 6.45) is -0.0817. The van der Waals surface area contributed by atoms with Crippen LogP contribution in [0.15, 0.2) is 30.3 Å². The van der Waals surface area contributed by atoms with Crippen molar-refractivity contribution in [1.29, 1.82) is 0 Å². The molecule has 28 heavy (non-hydrogen) atoms. The van der Waals surface area contributed by atoms with Gasteiger partial charge in [0.25, 0.3) is 5.91 Å². The second-order valence-corrected chi connectivity index (χ2v) is 8.20. The van der Waals surface area contributed by atoms with Gasteiger partial charge in [-0.3, -0.25) is 4.79 Å². The quantitative estimate of drug-likeness (QED) is 0.615. The summed E-state index contributed by atoms with van der Waals surface area (Å²) in [7, 11) is 0. The first-order valence-corrected chi connectivity index (χ1v) is 9.43. The number of aliphatic hydroxyl groups is 1. The second-order valence-electron chi connectivity index (χ2n) is 8.20. The lowest BCUT2D eigenvalue weighted by molar-refractivity contribution is -0.118. The van der Waals surface area contributed by atoms with Crippen LogP contribution in [-0.2, 0) is 11.2 Å². The molecular weight excluding hydrogens is 356 g/mol. The Bertz CT molecular complexity index is 872. The van der Waals surface area contributed by atoms with Crippen molar-refractivity contribution in [2.24, 2.45) is 0 Å². The van der Waals surface area contributed by atoms with Gasteiger partial charge in [-0.1, -0.05) is 29.3 Å². The van der Waals surface area contributed by atoms with Crippen molar-refractivity contribution in [2.45, 2.75) is 45.8 Å². The maximum absolute atomic E-state index is 11.5. The number of aromatic hydroxyl groups is 1. The van der Waals surface area contributed by atoms with Gasteiger partial charge in [0.05, 0.1) is 11.8 Å². The number of β-amino-alcohol motifs (C(OH)–C–C–N with tert-alkyl or cyclic N) is 1. The Morgan fingerprint density at radius 1 is 1.18 bits per heavy atom. The van der Waals surface area contributed by atoms with Crippen molar-refractivity contribution in [3.63, 3.8) is 0 Å². The van der Waals surface area contributed by atoms with Gasteiger partial charge in [-0.05, 0) is 45.7 Å². The lowest BCUT2D eigenvalue weighted by Crippen LogP contribution is -2.43. The number of anilines is 1. The van der Waals surface area contributed by atoms with Crippen LogP contribution in [0.2, 0.25) is 0 Å². The van der Waals surface area contributed by atoms with Crippen LogP contribution in [0.4, 0.5) is 5.69 Å². The van der Waals surface area contributed by atoms with E-state index in [9.17, 15) is 15.0 Å². The highest BCUT2D eigenvalue weighted by atomic mass is 16.5. The van der Waals surface area contributed by atoms with E-state index in [4.69, 9.17) is 4.74 Å². The number of nitrogens with one attached hydrogen (secondary N) is 2. The molecule has 1 amide bonds. The number of amides is 1. The number of hydrogen-bond donors (Lipinski definition) is 4. The van der Waals surface area contributed by atoms with E-state index in [1.807, 2.05) is 0 Å². The van der Waals surface area contributed by atoms with Gasteiger partial charge in [-0.2, -0.15) is 0 Å². The van der Waals surface area contributed by atoms with Gasteiger partial charge in [0.2, 0.25) is 0 Å². The standard InChI is InChI=1S/C22H28N2O4/c1-13-5-14(2)7-15(6-13)10-22(3,4)23-11-19(26)17-8-16(25)9-18-21(17)28-12-20(27)24-18/h5-9,19,23,25-26H,10-12H2,1-4H3,(H,24,27). The molecule has 1 unspecified atom stereocenters. The first kappa shape index (κ1) is 20.2. The number of hydrogen-bond acceptors (Lipinski definition) is 5. The highest BCUT2D eigenvalue weighted by molar-refractivity contribution is 5.96. The highest BCUT2D eigenvalue weighted by Crippen LogP contribution is 2.38. The monoisotopic (exact) mass is 384 g/mol. The Morgan fingerprint density at radius 3 is 2.54 bits per heavy atom. The van der Waals surface area contributed by atoms with E-state index in [-0.39, 0.29) is 30.3 Å². The zero-order valence-corrected chi connectivity index (χ0v) is 16.8. The average molecular weight is 384 g/mol. The zero-order chi connectivity index (χ0) is 20.5. The molecule has 150 valence electrons. The Kier molecular flexibility index (Phi) is 5.63. The van der Waals surface area contributed by atoms with E-state index in [0.29, 0.717) is 17.0 Å². The summed E-state index contributed by atoms with van der Waals surface area (Å²) in [5.41, 5.74) is 4.29. The number of phenols is 1. The SMILES string of the molecule is Cc1cc(C)cc(CC(C)(C)NCC(O)c2cc(O)cc3c2OCC(=O)N3)c1. The lowest BCUT2D eigenvalue weighted by atomic mass is 9.92. The number of carbonyl (C=O) groups is 1. The van der Waals surface area contributed by atoms with Gasteiger partial charge in [0, 0.05) is 23.7 Å². The first-order valence-electron chi connectivity index (χ1n) is 9.43. The molecule has 2 aromatic carbocycles. The van der Waals surface area contributed by atoms with Crippen molar-refractivity contribution in [3.05, 3.63) is 52.6 Å². The molecule has 1 atom stereocenters. The Labute approximate surface area is 165 Å². The van der Waals surface area contributed by atoms with E-state index < -0.39 is 6.10 Å². The number of aryl methyl sites for hydroxylation is 2. The minimum atomic E-state index is -0.894. The molecule has 6 nitrogen and oxygen atoms in total. The summed E-state index contributed by atoms with van der Waals surface area (Å²) in [6.45, 7) is 8.53. The fourth-order valence-electron chi connectivity index (χ4n) is 3.69. The summed E-state index contributed by atoms with van der Waals surface area (Å²) < 4.78 is 5.49. The maximum Gasteiger partial charge on any atom is 0.262 e. The fourth-order valence-corrected chi connectivity index (χ4v) is 3.69. The van der Waals surface area contributed by atoms with Crippen LogP contribution in [0.1, 0.15) is 42.2 Å². The molecule has 0 aliphatic carbocycles. The molecule has 1 aliphatic rings. The van der Waals surface area contributed by atoms with Crippen LogP contribution in [-0.4, -0.2) is 34.8 Å². The molecule has 0 aromatic heterocycles. The number of benzene rings is 2. The van der Waals surface area contributed by atoms with E-state index >= 15 is 0 Å². The molecule has 2 aromatic rings. The van der Waals surface area contributed by atoms with E-state index in [0.717, 1.165) is 6.42 Å². The summed E-state index contributed by atoms with van der Waals surface area (Å²) in [6, 6.07) is 9.39. The third kappa shape index (κ3) is 4.82. The Hall–Kier alpha value is -2.57. The average Bonchev–Trinajstić information content (AvgIpc) is 2.57. The van der Waals surface area contributed by atoms with Crippen molar-refractivity contribution in [1.82, 2.24) is 5.32 Å². The van der Waals surface area contributed by atoms with Crippen molar-refractivity contribution in [2.75, 3.05) is 18.5 Å². The van der Waals surface area contributed by atoms with Crippen molar-refractivity contribution in [3.8, 4) is 11.5 Å². The molecule has 0 fully saturated rings. The molecule has 0 saturated carbocycles. The molecule has 6 heteroatoms. The second kappa shape index (κ2) is 7.81. The molecule has 0 saturated heterocycles. The van der Waals surface area contributed by atoms with Crippen molar-refractivity contribution >= 4 is 11.6 Å². The van der Waals surface area contributed by atoms with Crippen LogP contribution in [0, 0.1) is 13.8 Å². The largest absolute Gasteiger partial charge is 0.508 e. The van der Waals surface area contributed by atoms with Gasteiger partial charge in [-0.15, -0.1) is 0 Å². The molecule has 0 bridgehead atoms. The van der Waals surface area contributed by atoms with Gasteiger partial charge in [0.1, 0.15) is 11.5 Å². The van der Waals surface area contributed by atoms with E-state index in [1.54, 1.807) is 0 Å². The number of carbonyl (C=O) groups excluding carboxylic acids is 1. The van der Waals surface area contributed by atoms with Crippen LogP contribution in [0.25, 0.3) is 0 Å². The molecule has 1 aliphatic heterocycles. The van der Waals surface area contributed by atoms with Crippen LogP contribution in [0.5, 0.6) is 11.5 Å². The number of rotatable bonds is 6. The predicted octanol–water partition coefficient (Wildman–Crippen LogP) is 2.98. The summed E-state index contributed by atoms with van der Waals surface area (Å²) in [4.78, 5) is 11.5. The topological polar surface area (TPSA) is 90.8 Å². The van der Waals surface area contributed by atoms with Gasteiger partial charge < -0.3 is 25.6 Å². The smallest absolute Gasteiger partial charge is 0.262 e. The lowest BCUT2D eigenvalue weighted by Gasteiger charge is -2.29.